The second-order valence-electron chi connectivity index (χ2n) is 5.94. The lowest BCUT2D eigenvalue weighted by Gasteiger charge is -2.22. The van der Waals surface area contributed by atoms with Crippen LogP contribution in [0.2, 0.25) is 0 Å². The fraction of sp³-hybridized carbons (Fsp3) is 0.200. The fourth-order valence-electron chi connectivity index (χ4n) is 3.55. The van der Waals surface area contributed by atoms with Crippen molar-refractivity contribution in [3.05, 3.63) is 65.7 Å². The van der Waals surface area contributed by atoms with E-state index in [0.717, 1.165) is 5.69 Å². The summed E-state index contributed by atoms with van der Waals surface area (Å²) in [6.07, 6.45) is 5.02. The average molecular weight is 273 g/mol. The molecule has 0 bridgehead atoms. The first-order valence-corrected chi connectivity index (χ1v) is 7.72. The lowest BCUT2D eigenvalue weighted by atomic mass is 9.82. The molecule has 0 atom stereocenters. The van der Waals surface area contributed by atoms with Crippen LogP contribution in [0, 0.1) is 0 Å². The molecule has 0 unspecified atom stereocenters. The quantitative estimate of drug-likeness (QED) is 0.622. The normalized spacial score (nSPS) is 14.1. The van der Waals surface area contributed by atoms with Crippen LogP contribution in [0.4, 0.5) is 5.69 Å². The maximum Gasteiger partial charge on any atom is 0.0314 e. The van der Waals surface area contributed by atoms with Crippen molar-refractivity contribution in [2.75, 3.05) is 5.73 Å². The number of hydrogen-bond acceptors (Lipinski definition) is 1. The summed E-state index contributed by atoms with van der Waals surface area (Å²) in [6, 6.07) is 19.5. The van der Waals surface area contributed by atoms with Crippen molar-refractivity contribution in [3.8, 4) is 11.1 Å². The maximum absolute atomic E-state index is 5.86. The summed E-state index contributed by atoms with van der Waals surface area (Å²) < 4.78 is 0. The predicted molar refractivity (Wildman–Crippen MR) is 90.4 cm³/mol. The average Bonchev–Trinajstić information content (AvgIpc) is 2.53. The zero-order chi connectivity index (χ0) is 14.2. The van der Waals surface area contributed by atoms with Gasteiger partial charge in [-0.25, -0.2) is 0 Å². The van der Waals surface area contributed by atoms with Gasteiger partial charge in [0, 0.05) is 5.69 Å². The summed E-state index contributed by atoms with van der Waals surface area (Å²) in [5.74, 6) is 0. The molecular formula is C20H19N. The van der Waals surface area contributed by atoms with Crippen LogP contribution in [0.5, 0.6) is 0 Å². The van der Waals surface area contributed by atoms with Crippen LogP contribution in [0.25, 0.3) is 21.9 Å². The number of nitrogens with two attached hydrogens (primary N) is 1. The van der Waals surface area contributed by atoms with E-state index >= 15 is 0 Å². The standard InChI is InChI=1S/C20H19N/c21-17-11-9-14(10-12-17)20-18-7-3-1-5-15(18)13-16-6-2-4-8-19(16)20/h1,3,5,7,9-13H,2,4,6,8,21H2. The smallest absolute Gasteiger partial charge is 0.0314 e. The van der Waals surface area contributed by atoms with E-state index in [2.05, 4.69) is 42.5 Å². The summed E-state index contributed by atoms with van der Waals surface area (Å²) in [7, 11) is 0. The van der Waals surface area contributed by atoms with Crippen LogP contribution in [0.15, 0.2) is 54.6 Å². The van der Waals surface area contributed by atoms with E-state index in [4.69, 9.17) is 5.73 Å². The SMILES string of the molecule is Nc1ccc(-c2c3c(cc4ccccc24)CCCC3)cc1. The molecule has 0 radical (unpaired) electrons. The molecule has 2 N–H and O–H groups in total. The number of fused-ring (bicyclic) bond motifs is 2. The van der Waals surface area contributed by atoms with Crippen LogP contribution in [0.3, 0.4) is 0 Å². The first-order chi connectivity index (χ1) is 10.3. The summed E-state index contributed by atoms with van der Waals surface area (Å²) in [6.45, 7) is 0. The Kier molecular flexibility index (Phi) is 2.92. The molecule has 1 nitrogen and oxygen atoms in total. The lowest BCUT2D eigenvalue weighted by molar-refractivity contribution is 0.688. The number of benzene rings is 3. The molecule has 104 valence electrons. The molecule has 0 saturated heterocycles. The zero-order valence-electron chi connectivity index (χ0n) is 12.1. The Labute approximate surface area is 125 Å². The highest BCUT2D eigenvalue weighted by molar-refractivity contribution is 5.99. The molecule has 0 aliphatic heterocycles. The topological polar surface area (TPSA) is 26.0 Å². The molecule has 0 saturated carbocycles. The molecule has 1 aliphatic rings. The van der Waals surface area contributed by atoms with Gasteiger partial charge >= 0.3 is 0 Å². The van der Waals surface area contributed by atoms with Gasteiger partial charge in [-0.2, -0.15) is 0 Å². The van der Waals surface area contributed by atoms with Crippen LogP contribution in [-0.2, 0) is 12.8 Å². The minimum absolute atomic E-state index is 0.827. The summed E-state index contributed by atoms with van der Waals surface area (Å²) in [5, 5.41) is 2.72. The van der Waals surface area contributed by atoms with E-state index in [0.29, 0.717) is 0 Å². The summed E-state index contributed by atoms with van der Waals surface area (Å²) in [5.41, 5.74) is 12.5. The largest absolute Gasteiger partial charge is 0.399 e. The Balaban J connectivity index is 2.07. The van der Waals surface area contributed by atoms with Crippen molar-refractivity contribution in [2.24, 2.45) is 0 Å². The van der Waals surface area contributed by atoms with Gasteiger partial charge in [0.1, 0.15) is 0 Å². The Morgan fingerprint density at radius 2 is 1.57 bits per heavy atom. The van der Waals surface area contributed by atoms with Crippen molar-refractivity contribution >= 4 is 16.5 Å². The second kappa shape index (κ2) is 4.92. The van der Waals surface area contributed by atoms with Crippen LogP contribution in [-0.4, -0.2) is 0 Å². The van der Waals surface area contributed by atoms with E-state index in [1.807, 2.05) is 12.1 Å². The molecule has 0 aromatic heterocycles. The van der Waals surface area contributed by atoms with E-state index in [1.54, 1.807) is 5.56 Å². The van der Waals surface area contributed by atoms with E-state index in [1.165, 1.54) is 53.1 Å². The zero-order valence-corrected chi connectivity index (χ0v) is 12.1. The van der Waals surface area contributed by atoms with Gasteiger partial charge in [-0.15, -0.1) is 0 Å². The Morgan fingerprint density at radius 1 is 0.810 bits per heavy atom. The Bertz CT molecular complexity index is 800. The molecule has 1 aliphatic carbocycles. The van der Waals surface area contributed by atoms with Crippen molar-refractivity contribution in [3.63, 3.8) is 0 Å². The van der Waals surface area contributed by atoms with Crippen molar-refractivity contribution in [1.29, 1.82) is 0 Å². The molecule has 1 heteroatoms. The second-order valence-corrected chi connectivity index (χ2v) is 5.94. The van der Waals surface area contributed by atoms with Gasteiger partial charge < -0.3 is 5.73 Å². The molecular weight excluding hydrogens is 254 g/mol. The lowest BCUT2D eigenvalue weighted by Crippen LogP contribution is -2.05. The molecule has 21 heavy (non-hydrogen) atoms. The number of aryl methyl sites for hydroxylation is 1. The molecule has 4 rings (SSSR count). The summed E-state index contributed by atoms with van der Waals surface area (Å²) in [4.78, 5) is 0. The van der Waals surface area contributed by atoms with Crippen molar-refractivity contribution in [2.45, 2.75) is 25.7 Å². The minimum atomic E-state index is 0.827. The molecule has 0 amide bonds. The third-order valence-corrected chi connectivity index (χ3v) is 4.57. The molecule has 0 heterocycles. The van der Waals surface area contributed by atoms with Crippen molar-refractivity contribution in [1.82, 2.24) is 0 Å². The van der Waals surface area contributed by atoms with Gasteiger partial charge in [0.15, 0.2) is 0 Å². The van der Waals surface area contributed by atoms with Crippen LogP contribution >= 0.6 is 0 Å². The van der Waals surface area contributed by atoms with E-state index in [9.17, 15) is 0 Å². The molecule has 0 fully saturated rings. The number of nitrogen functional groups attached to an aromatic ring is 1. The van der Waals surface area contributed by atoms with Gasteiger partial charge in [0.25, 0.3) is 0 Å². The first kappa shape index (κ1) is 12.5. The predicted octanol–water partition coefficient (Wildman–Crippen LogP) is 4.97. The first-order valence-electron chi connectivity index (χ1n) is 7.72. The molecule has 0 spiro atoms. The van der Waals surface area contributed by atoms with Gasteiger partial charge in [-0.3, -0.25) is 0 Å². The highest BCUT2D eigenvalue weighted by atomic mass is 14.5. The van der Waals surface area contributed by atoms with E-state index in [-0.39, 0.29) is 0 Å². The number of anilines is 1. The van der Waals surface area contributed by atoms with Gasteiger partial charge in [0.2, 0.25) is 0 Å². The van der Waals surface area contributed by atoms with Crippen molar-refractivity contribution < 1.29 is 0 Å². The molecule has 3 aromatic carbocycles. The Hall–Kier alpha value is -2.28. The summed E-state index contributed by atoms with van der Waals surface area (Å²) >= 11 is 0. The molecule has 3 aromatic rings. The maximum atomic E-state index is 5.86. The van der Waals surface area contributed by atoms with Crippen LogP contribution in [0.1, 0.15) is 24.0 Å². The van der Waals surface area contributed by atoms with Gasteiger partial charge in [-0.1, -0.05) is 42.5 Å². The number of rotatable bonds is 1. The third kappa shape index (κ3) is 2.09. The highest BCUT2D eigenvalue weighted by Gasteiger charge is 2.17. The third-order valence-electron chi connectivity index (χ3n) is 4.57. The van der Waals surface area contributed by atoms with Gasteiger partial charge in [0.05, 0.1) is 0 Å². The monoisotopic (exact) mass is 273 g/mol. The number of hydrogen-bond donors (Lipinski definition) is 1. The Morgan fingerprint density at radius 3 is 2.43 bits per heavy atom. The minimum Gasteiger partial charge on any atom is -0.399 e. The van der Waals surface area contributed by atoms with Gasteiger partial charge in [-0.05, 0) is 70.8 Å². The fourth-order valence-corrected chi connectivity index (χ4v) is 3.55. The van der Waals surface area contributed by atoms with Crippen LogP contribution < -0.4 is 5.73 Å². The van der Waals surface area contributed by atoms with E-state index < -0.39 is 0 Å². The highest BCUT2D eigenvalue weighted by Crippen LogP contribution is 2.38.